The molecule has 3 atom stereocenters. The van der Waals surface area contributed by atoms with Crippen LogP contribution in [-0.4, -0.2) is 32.9 Å². The Morgan fingerprint density at radius 3 is 2.24 bits per heavy atom. The van der Waals surface area contributed by atoms with E-state index >= 15 is 0 Å². The van der Waals surface area contributed by atoms with Crippen molar-refractivity contribution < 1.29 is 19.0 Å². The highest BCUT2D eigenvalue weighted by atomic mass is 16.5. The summed E-state index contributed by atoms with van der Waals surface area (Å²) in [4.78, 5) is 12.5. The van der Waals surface area contributed by atoms with Crippen LogP contribution in [0.5, 0.6) is 17.2 Å². The molecule has 1 aromatic rings. The van der Waals surface area contributed by atoms with E-state index in [0.717, 1.165) is 17.5 Å². The molecule has 0 aliphatic heterocycles. The average molecular weight is 346 g/mol. The van der Waals surface area contributed by atoms with Gasteiger partial charge in [-0.3, -0.25) is 4.79 Å². The zero-order valence-electron chi connectivity index (χ0n) is 15.3. The molecule has 0 heterocycles. The number of benzene rings is 1. The van der Waals surface area contributed by atoms with Crippen molar-refractivity contribution in [3.8, 4) is 17.2 Å². The second-order valence-corrected chi connectivity index (χ2v) is 6.89. The molecule has 2 fully saturated rings. The zero-order valence-corrected chi connectivity index (χ0v) is 15.3. The van der Waals surface area contributed by atoms with E-state index < -0.39 is 0 Å². The molecule has 2 aliphatic carbocycles. The van der Waals surface area contributed by atoms with Crippen LogP contribution in [0.25, 0.3) is 0 Å². The van der Waals surface area contributed by atoms with E-state index in [-0.39, 0.29) is 5.91 Å². The molecular formula is C19H26N2O4. The molecule has 0 saturated heterocycles. The first kappa shape index (κ1) is 17.6. The summed E-state index contributed by atoms with van der Waals surface area (Å²) in [6.45, 7) is 2.01. The Kier molecular flexibility index (Phi) is 5.16. The van der Waals surface area contributed by atoms with Crippen LogP contribution in [0.3, 0.4) is 0 Å². The fourth-order valence-electron chi connectivity index (χ4n) is 4.25. The number of nitrogens with one attached hydrogen (secondary N) is 1. The van der Waals surface area contributed by atoms with Gasteiger partial charge >= 0.3 is 0 Å². The van der Waals surface area contributed by atoms with Crippen molar-refractivity contribution in [2.45, 2.75) is 32.6 Å². The summed E-state index contributed by atoms with van der Waals surface area (Å²) in [6.07, 6.45) is 5.17. The van der Waals surface area contributed by atoms with E-state index in [2.05, 4.69) is 10.5 Å². The number of fused-ring (bicyclic) bond motifs is 2. The molecule has 1 aromatic carbocycles. The lowest BCUT2D eigenvalue weighted by Crippen LogP contribution is -2.24. The van der Waals surface area contributed by atoms with Crippen LogP contribution in [0, 0.1) is 17.8 Å². The maximum absolute atomic E-state index is 12.5. The number of carbonyl (C=O) groups is 1. The lowest BCUT2D eigenvalue weighted by molar-refractivity contribution is 0.0953. The van der Waals surface area contributed by atoms with Crippen molar-refractivity contribution in [2.75, 3.05) is 21.3 Å². The van der Waals surface area contributed by atoms with Crippen molar-refractivity contribution >= 4 is 11.6 Å². The minimum absolute atomic E-state index is 0.290. The summed E-state index contributed by atoms with van der Waals surface area (Å²) in [6, 6.07) is 3.25. The van der Waals surface area contributed by atoms with Gasteiger partial charge in [0.05, 0.1) is 21.3 Å². The van der Waals surface area contributed by atoms with Crippen LogP contribution in [0.2, 0.25) is 0 Å². The second-order valence-electron chi connectivity index (χ2n) is 6.89. The number of hydrazone groups is 1. The van der Waals surface area contributed by atoms with Crippen molar-refractivity contribution in [3.63, 3.8) is 0 Å². The molecule has 0 unspecified atom stereocenters. The topological polar surface area (TPSA) is 69.2 Å². The van der Waals surface area contributed by atoms with Gasteiger partial charge in [0.15, 0.2) is 11.5 Å². The summed E-state index contributed by atoms with van der Waals surface area (Å²) >= 11 is 0. The largest absolute Gasteiger partial charge is 0.493 e. The Balaban J connectivity index is 1.73. The van der Waals surface area contributed by atoms with E-state index in [1.54, 1.807) is 12.1 Å². The summed E-state index contributed by atoms with van der Waals surface area (Å²) in [5, 5.41) is 4.36. The van der Waals surface area contributed by atoms with Gasteiger partial charge in [0.2, 0.25) is 5.75 Å². The molecule has 0 aromatic heterocycles. The highest BCUT2D eigenvalue weighted by molar-refractivity contribution is 5.96. The normalized spacial score (nSPS) is 25.0. The number of ether oxygens (including phenoxy) is 3. The number of carbonyl (C=O) groups excluding carboxylic acids is 1. The highest BCUT2D eigenvalue weighted by Crippen LogP contribution is 2.48. The molecule has 1 amide bonds. The quantitative estimate of drug-likeness (QED) is 0.634. The molecule has 136 valence electrons. The number of amides is 1. The average Bonchev–Trinajstić information content (AvgIpc) is 3.27. The van der Waals surface area contributed by atoms with E-state index in [9.17, 15) is 4.79 Å². The van der Waals surface area contributed by atoms with Gasteiger partial charge in [-0.05, 0) is 50.2 Å². The van der Waals surface area contributed by atoms with Gasteiger partial charge in [-0.2, -0.15) is 5.10 Å². The summed E-state index contributed by atoms with van der Waals surface area (Å²) < 4.78 is 15.9. The third kappa shape index (κ3) is 3.43. The Bertz CT molecular complexity index is 661. The first-order valence-corrected chi connectivity index (χ1v) is 8.71. The van der Waals surface area contributed by atoms with Gasteiger partial charge in [0.1, 0.15) is 0 Å². The molecule has 2 bridgehead atoms. The lowest BCUT2D eigenvalue weighted by Gasteiger charge is -2.21. The number of hydrogen-bond acceptors (Lipinski definition) is 5. The molecular weight excluding hydrogens is 320 g/mol. The first-order chi connectivity index (χ1) is 12.1. The van der Waals surface area contributed by atoms with Gasteiger partial charge in [-0.1, -0.05) is 6.42 Å². The summed E-state index contributed by atoms with van der Waals surface area (Å²) in [5.41, 5.74) is 4.11. The standard InChI is InChI=1S/C19H26N2O4/c1-11(15-8-12-5-6-13(15)7-12)20-21-19(22)14-9-16(23-2)18(25-4)17(10-14)24-3/h9-10,12-13,15H,5-8H2,1-4H3,(H,21,22)/b20-11-/t12-,13+,15-/m0/s1. The number of methoxy groups -OCH3 is 3. The van der Waals surface area contributed by atoms with Crippen molar-refractivity contribution in [1.29, 1.82) is 0 Å². The van der Waals surface area contributed by atoms with E-state index in [1.807, 2.05) is 6.92 Å². The Morgan fingerprint density at radius 1 is 1.08 bits per heavy atom. The van der Waals surface area contributed by atoms with Gasteiger partial charge in [0.25, 0.3) is 5.91 Å². The smallest absolute Gasteiger partial charge is 0.271 e. The molecule has 25 heavy (non-hydrogen) atoms. The minimum atomic E-state index is -0.290. The third-order valence-electron chi connectivity index (χ3n) is 5.54. The van der Waals surface area contributed by atoms with E-state index in [4.69, 9.17) is 14.2 Å². The third-order valence-corrected chi connectivity index (χ3v) is 5.54. The Hall–Kier alpha value is -2.24. The van der Waals surface area contributed by atoms with Crippen LogP contribution in [0.1, 0.15) is 43.0 Å². The molecule has 6 nitrogen and oxygen atoms in total. The van der Waals surface area contributed by atoms with Gasteiger partial charge in [0, 0.05) is 17.2 Å². The zero-order chi connectivity index (χ0) is 18.0. The molecule has 0 spiro atoms. The number of rotatable bonds is 6. The van der Waals surface area contributed by atoms with Gasteiger partial charge in [-0.25, -0.2) is 5.43 Å². The van der Waals surface area contributed by atoms with Crippen molar-refractivity contribution in [3.05, 3.63) is 17.7 Å². The predicted octanol–water partition coefficient (Wildman–Crippen LogP) is 3.25. The van der Waals surface area contributed by atoms with Crippen LogP contribution in [0.15, 0.2) is 17.2 Å². The molecule has 6 heteroatoms. The predicted molar refractivity (Wildman–Crippen MR) is 95.6 cm³/mol. The maximum Gasteiger partial charge on any atom is 0.271 e. The summed E-state index contributed by atoms with van der Waals surface area (Å²) in [7, 11) is 4.58. The number of nitrogens with zero attached hydrogens (tertiary/aromatic N) is 1. The minimum Gasteiger partial charge on any atom is -0.493 e. The van der Waals surface area contributed by atoms with Crippen LogP contribution >= 0.6 is 0 Å². The fraction of sp³-hybridized carbons (Fsp3) is 0.579. The van der Waals surface area contributed by atoms with Gasteiger partial charge in [-0.15, -0.1) is 0 Å². The van der Waals surface area contributed by atoms with Crippen molar-refractivity contribution in [2.24, 2.45) is 22.9 Å². The second kappa shape index (κ2) is 7.33. The molecule has 3 rings (SSSR count). The summed E-state index contributed by atoms with van der Waals surface area (Å²) in [5.74, 6) is 3.17. The van der Waals surface area contributed by atoms with Gasteiger partial charge < -0.3 is 14.2 Å². The SMILES string of the molecule is COc1cc(C(=O)N/N=C(/C)[C@@H]2C[C@H]3CC[C@@H]2C3)cc(OC)c1OC. The molecule has 2 aliphatic rings. The molecule has 1 N–H and O–H groups in total. The monoisotopic (exact) mass is 346 g/mol. The Morgan fingerprint density at radius 2 is 1.76 bits per heavy atom. The highest BCUT2D eigenvalue weighted by Gasteiger charge is 2.40. The van der Waals surface area contributed by atoms with Crippen molar-refractivity contribution in [1.82, 2.24) is 5.43 Å². The fourth-order valence-corrected chi connectivity index (χ4v) is 4.25. The maximum atomic E-state index is 12.5. The first-order valence-electron chi connectivity index (χ1n) is 8.71. The van der Waals surface area contributed by atoms with E-state index in [0.29, 0.717) is 28.7 Å². The Labute approximate surface area is 148 Å². The molecule has 2 saturated carbocycles. The van der Waals surface area contributed by atoms with Crippen LogP contribution < -0.4 is 19.6 Å². The van der Waals surface area contributed by atoms with Crippen LogP contribution in [0.4, 0.5) is 0 Å². The molecule has 0 radical (unpaired) electrons. The van der Waals surface area contributed by atoms with E-state index in [1.165, 1.54) is 47.0 Å². The number of hydrogen-bond donors (Lipinski definition) is 1. The van der Waals surface area contributed by atoms with Crippen LogP contribution in [-0.2, 0) is 0 Å². The lowest BCUT2D eigenvalue weighted by atomic mass is 9.86.